The number of carboxylic acids is 1. The van der Waals surface area contributed by atoms with Crippen LogP contribution >= 0.6 is 15.9 Å². The number of carboxylic acid groups (broad SMARTS) is 1. The molecule has 1 aromatic carbocycles. The Hall–Kier alpha value is -1.36. The van der Waals surface area contributed by atoms with Crippen LogP contribution in [-0.4, -0.2) is 28.4 Å². The molecule has 0 aromatic heterocycles. The number of aromatic carboxylic acids is 1. The van der Waals surface area contributed by atoms with E-state index in [-0.39, 0.29) is 16.3 Å². The van der Waals surface area contributed by atoms with Gasteiger partial charge in [0.1, 0.15) is 0 Å². The van der Waals surface area contributed by atoms with E-state index in [2.05, 4.69) is 15.9 Å². The Kier molecular flexibility index (Phi) is 2.96. The fourth-order valence-electron chi connectivity index (χ4n) is 1.70. The van der Waals surface area contributed by atoms with Gasteiger partial charge in [0.15, 0.2) is 0 Å². The van der Waals surface area contributed by atoms with Crippen molar-refractivity contribution >= 4 is 33.5 Å². The second-order valence-electron chi connectivity index (χ2n) is 3.66. The summed E-state index contributed by atoms with van der Waals surface area (Å²) in [5.41, 5.74) is 0.975. The third kappa shape index (κ3) is 2.09. The first-order chi connectivity index (χ1) is 7.58. The SMILES string of the molecule is O=C(O)c1ccc(N2CC(Br)CC2=O)cc1. The summed E-state index contributed by atoms with van der Waals surface area (Å²) < 4.78 is 0. The summed E-state index contributed by atoms with van der Waals surface area (Å²) in [6.07, 6.45) is 0.487. The largest absolute Gasteiger partial charge is 0.478 e. The summed E-state index contributed by atoms with van der Waals surface area (Å²) in [4.78, 5) is 24.1. The van der Waals surface area contributed by atoms with Crippen molar-refractivity contribution in [3.63, 3.8) is 0 Å². The van der Waals surface area contributed by atoms with Crippen molar-refractivity contribution in [1.29, 1.82) is 0 Å². The van der Waals surface area contributed by atoms with Gasteiger partial charge in [-0.3, -0.25) is 4.79 Å². The number of carbonyl (C=O) groups is 2. The molecular formula is C11H10BrNO3. The molecule has 0 saturated carbocycles. The maximum atomic E-state index is 11.6. The fourth-order valence-corrected chi connectivity index (χ4v) is 2.26. The zero-order valence-corrected chi connectivity index (χ0v) is 9.98. The Morgan fingerprint density at radius 2 is 2.00 bits per heavy atom. The minimum absolute atomic E-state index is 0.0601. The molecular weight excluding hydrogens is 274 g/mol. The molecule has 1 aliphatic rings. The number of anilines is 1. The van der Waals surface area contributed by atoms with Crippen molar-refractivity contribution < 1.29 is 14.7 Å². The molecule has 0 bridgehead atoms. The first-order valence-corrected chi connectivity index (χ1v) is 5.77. The molecule has 4 nitrogen and oxygen atoms in total. The minimum atomic E-state index is -0.960. The summed E-state index contributed by atoms with van der Waals surface area (Å²) in [6, 6.07) is 6.33. The molecule has 0 spiro atoms. The second-order valence-corrected chi connectivity index (χ2v) is 4.95. The third-order valence-corrected chi connectivity index (χ3v) is 3.12. The quantitative estimate of drug-likeness (QED) is 0.844. The lowest BCUT2D eigenvalue weighted by Gasteiger charge is -2.15. The molecule has 2 rings (SSSR count). The van der Waals surface area contributed by atoms with Gasteiger partial charge in [0.25, 0.3) is 0 Å². The van der Waals surface area contributed by atoms with Gasteiger partial charge >= 0.3 is 5.97 Å². The highest BCUT2D eigenvalue weighted by Crippen LogP contribution is 2.25. The van der Waals surface area contributed by atoms with Gasteiger partial charge in [0.2, 0.25) is 5.91 Å². The standard InChI is InChI=1S/C11H10BrNO3/c12-8-5-10(14)13(6-8)9-3-1-7(2-4-9)11(15)16/h1-4,8H,5-6H2,(H,15,16). The van der Waals surface area contributed by atoms with Gasteiger partial charge in [-0.2, -0.15) is 0 Å². The molecule has 1 atom stereocenters. The molecule has 1 saturated heterocycles. The van der Waals surface area contributed by atoms with Gasteiger partial charge in [-0.25, -0.2) is 4.79 Å². The van der Waals surface area contributed by atoms with Gasteiger partial charge in [-0.15, -0.1) is 0 Å². The van der Waals surface area contributed by atoms with Crippen LogP contribution in [0, 0.1) is 0 Å². The molecule has 1 heterocycles. The number of rotatable bonds is 2. The first kappa shape index (κ1) is 11.1. The number of nitrogens with zero attached hydrogens (tertiary/aromatic N) is 1. The topological polar surface area (TPSA) is 57.6 Å². The zero-order chi connectivity index (χ0) is 11.7. The van der Waals surface area contributed by atoms with Crippen molar-refractivity contribution in [2.24, 2.45) is 0 Å². The fraction of sp³-hybridized carbons (Fsp3) is 0.273. The predicted octanol–water partition coefficient (Wildman–Crippen LogP) is 1.89. The maximum Gasteiger partial charge on any atom is 0.335 e. The Morgan fingerprint density at radius 3 is 2.44 bits per heavy atom. The lowest BCUT2D eigenvalue weighted by atomic mass is 10.2. The second kappa shape index (κ2) is 4.25. The summed E-state index contributed by atoms with van der Waals surface area (Å²) in [5.74, 6) is -0.900. The van der Waals surface area contributed by atoms with Crippen LogP contribution in [-0.2, 0) is 4.79 Å². The normalized spacial score (nSPS) is 20.2. The molecule has 1 N–H and O–H groups in total. The number of hydrogen-bond donors (Lipinski definition) is 1. The molecule has 16 heavy (non-hydrogen) atoms. The van der Waals surface area contributed by atoms with Crippen molar-refractivity contribution in [3.8, 4) is 0 Å². The molecule has 84 valence electrons. The Balaban J connectivity index is 2.22. The molecule has 1 amide bonds. The van der Waals surface area contributed by atoms with Gasteiger partial charge in [0, 0.05) is 23.5 Å². The highest BCUT2D eigenvalue weighted by molar-refractivity contribution is 9.09. The molecule has 0 aliphatic carbocycles. The Morgan fingerprint density at radius 1 is 1.38 bits per heavy atom. The van der Waals surface area contributed by atoms with Gasteiger partial charge in [-0.05, 0) is 24.3 Å². The van der Waals surface area contributed by atoms with E-state index in [1.807, 2.05) is 0 Å². The van der Waals surface area contributed by atoms with Gasteiger partial charge in [0.05, 0.1) is 5.56 Å². The van der Waals surface area contributed by atoms with Crippen molar-refractivity contribution in [1.82, 2.24) is 0 Å². The summed E-state index contributed by atoms with van der Waals surface area (Å²) in [7, 11) is 0. The van der Waals surface area contributed by atoms with Crippen LogP contribution in [0.15, 0.2) is 24.3 Å². The molecule has 0 radical (unpaired) electrons. The summed E-state index contributed by atoms with van der Waals surface area (Å²) in [5, 5.41) is 8.75. The van der Waals surface area contributed by atoms with Crippen LogP contribution in [0.4, 0.5) is 5.69 Å². The molecule has 1 unspecified atom stereocenters. The van der Waals surface area contributed by atoms with Crippen molar-refractivity contribution in [2.45, 2.75) is 11.2 Å². The predicted molar refractivity (Wildman–Crippen MR) is 63.1 cm³/mol. The van der Waals surface area contributed by atoms with Crippen molar-refractivity contribution in [3.05, 3.63) is 29.8 Å². The van der Waals surface area contributed by atoms with Crippen LogP contribution in [0.5, 0.6) is 0 Å². The van der Waals surface area contributed by atoms with E-state index in [1.165, 1.54) is 12.1 Å². The number of amides is 1. The number of hydrogen-bond acceptors (Lipinski definition) is 2. The van der Waals surface area contributed by atoms with Crippen LogP contribution in [0.1, 0.15) is 16.8 Å². The number of carbonyl (C=O) groups excluding carboxylic acids is 1. The molecule has 1 aliphatic heterocycles. The number of benzene rings is 1. The average molecular weight is 284 g/mol. The lowest BCUT2D eigenvalue weighted by molar-refractivity contribution is -0.117. The zero-order valence-electron chi connectivity index (χ0n) is 8.39. The van der Waals surface area contributed by atoms with Crippen LogP contribution < -0.4 is 4.90 Å². The molecule has 1 fully saturated rings. The first-order valence-electron chi connectivity index (χ1n) is 4.85. The van der Waals surface area contributed by atoms with E-state index in [0.717, 1.165) is 5.69 Å². The van der Waals surface area contributed by atoms with E-state index in [4.69, 9.17) is 5.11 Å². The Labute approximate surface area is 101 Å². The van der Waals surface area contributed by atoms with E-state index in [0.29, 0.717) is 13.0 Å². The van der Waals surface area contributed by atoms with Crippen molar-refractivity contribution in [2.75, 3.05) is 11.4 Å². The lowest BCUT2D eigenvalue weighted by Crippen LogP contribution is -2.24. The van der Waals surface area contributed by atoms with Crippen LogP contribution in [0.2, 0.25) is 0 Å². The maximum absolute atomic E-state index is 11.6. The summed E-state index contributed by atoms with van der Waals surface area (Å²) >= 11 is 3.40. The smallest absolute Gasteiger partial charge is 0.335 e. The van der Waals surface area contributed by atoms with Gasteiger partial charge < -0.3 is 10.0 Å². The highest BCUT2D eigenvalue weighted by atomic mass is 79.9. The van der Waals surface area contributed by atoms with Gasteiger partial charge in [-0.1, -0.05) is 15.9 Å². The molecule has 1 aromatic rings. The number of halogens is 1. The van der Waals surface area contributed by atoms with E-state index < -0.39 is 5.97 Å². The van der Waals surface area contributed by atoms with E-state index in [1.54, 1.807) is 17.0 Å². The van der Waals surface area contributed by atoms with Crippen LogP contribution in [0.25, 0.3) is 0 Å². The third-order valence-electron chi connectivity index (χ3n) is 2.50. The van der Waals surface area contributed by atoms with Crippen LogP contribution in [0.3, 0.4) is 0 Å². The monoisotopic (exact) mass is 283 g/mol. The minimum Gasteiger partial charge on any atom is -0.478 e. The Bertz CT molecular complexity index is 429. The number of alkyl halides is 1. The highest BCUT2D eigenvalue weighted by Gasteiger charge is 2.28. The van der Waals surface area contributed by atoms with E-state index >= 15 is 0 Å². The van der Waals surface area contributed by atoms with E-state index in [9.17, 15) is 9.59 Å². The molecule has 5 heteroatoms. The summed E-state index contributed by atoms with van der Waals surface area (Å²) in [6.45, 7) is 0.630. The average Bonchev–Trinajstić information content (AvgIpc) is 2.58.